The summed E-state index contributed by atoms with van der Waals surface area (Å²) in [5, 5.41) is 13.7. The highest BCUT2D eigenvalue weighted by Crippen LogP contribution is 2.28. The molecular weight excluding hydrogens is 306 g/mol. The average Bonchev–Trinajstić information content (AvgIpc) is 2.98. The van der Waals surface area contributed by atoms with Crippen molar-refractivity contribution in [1.29, 1.82) is 0 Å². The lowest BCUT2D eigenvalue weighted by Gasteiger charge is -2.30. The van der Waals surface area contributed by atoms with E-state index in [9.17, 15) is 9.90 Å². The molecule has 5 heteroatoms. The van der Waals surface area contributed by atoms with E-state index >= 15 is 0 Å². The molecule has 0 saturated heterocycles. The number of rotatable bonds is 7. The minimum atomic E-state index is -0.345. The van der Waals surface area contributed by atoms with Crippen LogP contribution in [-0.2, 0) is 24.1 Å². The van der Waals surface area contributed by atoms with Gasteiger partial charge in [-0.25, -0.2) is 4.79 Å². The predicted octanol–water partition coefficient (Wildman–Crippen LogP) is 2.16. The smallest absolute Gasteiger partial charge is 0.336 e. The van der Waals surface area contributed by atoms with E-state index in [0.717, 1.165) is 30.2 Å². The van der Waals surface area contributed by atoms with E-state index < -0.39 is 0 Å². The number of aryl methyl sites for hydroxylation is 2. The summed E-state index contributed by atoms with van der Waals surface area (Å²) in [5.41, 5.74) is 3.57. The van der Waals surface area contributed by atoms with Crippen LogP contribution >= 0.6 is 0 Å². The second-order valence-electron chi connectivity index (χ2n) is 6.88. The van der Waals surface area contributed by atoms with E-state index in [-0.39, 0.29) is 17.8 Å². The number of benzene rings is 1. The van der Waals surface area contributed by atoms with E-state index in [2.05, 4.69) is 11.4 Å². The lowest BCUT2D eigenvalue weighted by Crippen LogP contribution is -2.46. The third kappa shape index (κ3) is 3.53. The SMILES string of the molecule is COCC(C)(CCO)NCc1cc(=O)oc2cc3c(cc12)CCC3. The minimum absolute atomic E-state index is 0.0814. The normalized spacial score (nSPS) is 16.3. The third-order valence-electron chi connectivity index (χ3n) is 4.87. The van der Waals surface area contributed by atoms with Crippen LogP contribution in [0.1, 0.15) is 36.5 Å². The summed E-state index contributed by atoms with van der Waals surface area (Å²) in [5.74, 6) is 0. The maximum Gasteiger partial charge on any atom is 0.336 e. The average molecular weight is 331 g/mol. The highest BCUT2D eigenvalue weighted by Gasteiger charge is 2.23. The van der Waals surface area contributed by atoms with E-state index in [0.29, 0.717) is 25.2 Å². The van der Waals surface area contributed by atoms with Crippen molar-refractivity contribution >= 4 is 11.0 Å². The van der Waals surface area contributed by atoms with Gasteiger partial charge in [-0.15, -0.1) is 0 Å². The number of fused-ring (bicyclic) bond motifs is 2. The third-order valence-corrected chi connectivity index (χ3v) is 4.87. The molecule has 2 N–H and O–H groups in total. The topological polar surface area (TPSA) is 71.7 Å². The largest absolute Gasteiger partial charge is 0.423 e. The van der Waals surface area contributed by atoms with Crippen LogP contribution in [-0.4, -0.2) is 31.0 Å². The molecule has 0 spiro atoms. The Morgan fingerprint density at radius 3 is 2.75 bits per heavy atom. The van der Waals surface area contributed by atoms with Gasteiger partial charge in [0.1, 0.15) is 5.58 Å². The Bertz CT molecular complexity index is 775. The van der Waals surface area contributed by atoms with Crippen molar-refractivity contribution in [3.05, 3.63) is 45.3 Å². The molecule has 1 aliphatic carbocycles. The monoisotopic (exact) mass is 331 g/mol. The molecule has 1 unspecified atom stereocenters. The molecule has 24 heavy (non-hydrogen) atoms. The van der Waals surface area contributed by atoms with E-state index in [4.69, 9.17) is 9.15 Å². The van der Waals surface area contributed by atoms with Gasteiger partial charge in [0.05, 0.1) is 6.61 Å². The quantitative estimate of drug-likeness (QED) is 0.761. The fourth-order valence-electron chi connectivity index (χ4n) is 3.53. The van der Waals surface area contributed by atoms with Crippen molar-refractivity contribution in [3.8, 4) is 0 Å². The highest BCUT2D eigenvalue weighted by atomic mass is 16.5. The number of nitrogens with one attached hydrogen (secondary N) is 1. The van der Waals surface area contributed by atoms with Crippen molar-refractivity contribution in [2.24, 2.45) is 0 Å². The number of ether oxygens (including phenoxy) is 1. The molecule has 1 heterocycles. The highest BCUT2D eigenvalue weighted by molar-refractivity contribution is 5.82. The first-order valence-corrected chi connectivity index (χ1v) is 8.48. The molecule has 0 radical (unpaired) electrons. The molecule has 5 nitrogen and oxygen atoms in total. The number of hydrogen-bond acceptors (Lipinski definition) is 5. The minimum Gasteiger partial charge on any atom is -0.423 e. The van der Waals surface area contributed by atoms with Crippen molar-refractivity contribution in [2.45, 2.75) is 44.7 Å². The molecule has 1 aromatic heterocycles. The summed E-state index contributed by atoms with van der Waals surface area (Å²) < 4.78 is 10.7. The van der Waals surface area contributed by atoms with Gasteiger partial charge in [0, 0.05) is 37.3 Å². The van der Waals surface area contributed by atoms with Gasteiger partial charge in [-0.2, -0.15) is 0 Å². The fraction of sp³-hybridized carbons (Fsp3) is 0.526. The van der Waals surface area contributed by atoms with Crippen molar-refractivity contribution in [2.75, 3.05) is 20.3 Å². The van der Waals surface area contributed by atoms with Crippen molar-refractivity contribution in [3.63, 3.8) is 0 Å². The molecule has 0 aliphatic heterocycles. The van der Waals surface area contributed by atoms with Gasteiger partial charge in [0.25, 0.3) is 0 Å². The van der Waals surface area contributed by atoms with E-state index in [1.807, 2.05) is 13.0 Å². The number of aliphatic hydroxyl groups is 1. The predicted molar refractivity (Wildman–Crippen MR) is 93.3 cm³/mol. The molecule has 130 valence electrons. The summed E-state index contributed by atoms with van der Waals surface area (Å²) in [7, 11) is 1.65. The van der Waals surface area contributed by atoms with Crippen LogP contribution in [0.25, 0.3) is 11.0 Å². The lowest BCUT2D eigenvalue weighted by molar-refractivity contribution is 0.0970. The molecule has 1 aliphatic rings. The molecule has 2 aromatic rings. The molecule has 1 aromatic carbocycles. The van der Waals surface area contributed by atoms with Crippen LogP contribution in [0.4, 0.5) is 0 Å². The van der Waals surface area contributed by atoms with Crippen LogP contribution in [0.15, 0.2) is 27.4 Å². The standard InChI is InChI=1S/C19H25NO4/c1-19(6-7-21,12-23-2)20-11-15-10-18(22)24-17-9-14-5-3-4-13(14)8-16(15)17/h8-10,20-21H,3-7,11-12H2,1-2H3. The first-order valence-electron chi connectivity index (χ1n) is 8.48. The second kappa shape index (κ2) is 7.05. The van der Waals surface area contributed by atoms with Gasteiger partial charge in [-0.05, 0) is 61.4 Å². The maximum absolute atomic E-state index is 11.9. The molecule has 0 bridgehead atoms. The van der Waals surface area contributed by atoms with Crippen LogP contribution in [0.3, 0.4) is 0 Å². The zero-order chi connectivity index (χ0) is 17.2. The van der Waals surface area contributed by atoms with Gasteiger partial charge < -0.3 is 19.6 Å². The first-order chi connectivity index (χ1) is 11.5. The summed E-state index contributed by atoms with van der Waals surface area (Å²) in [6, 6.07) is 5.74. The molecule has 1 atom stereocenters. The van der Waals surface area contributed by atoms with Crippen LogP contribution in [0, 0.1) is 0 Å². The molecule has 0 fully saturated rings. The number of hydrogen-bond donors (Lipinski definition) is 2. The van der Waals surface area contributed by atoms with Gasteiger partial charge in [-0.1, -0.05) is 0 Å². The first kappa shape index (κ1) is 17.1. The molecule has 3 rings (SSSR count). The Morgan fingerprint density at radius 2 is 2.04 bits per heavy atom. The van der Waals surface area contributed by atoms with Crippen LogP contribution in [0.5, 0.6) is 0 Å². The molecule has 0 saturated carbocycles. The molecule has 0 amide bonds. The number of methoxy groups -OCH3 is 1. The van der Waals surface area contributed by atoms with Crippen LogP contribution < -0.4 is 10.9 Å². The van der Waals surface area contributed by atoms with Gasteiger partial charge in [0.15, 0.2) is 0 Å². The Kier molecular flexibility index (Phi) is 5.04. The maximum atomic E-state index is 11.9. The Labute approximate surface area is 141 Å². The van der Waals surface area contributed by atoms with Gasteiger partial charge in [0.2, 0.25) is 0 Å². The van der Waals surface area contributed by atoms with Crippen molar-refractivity contribution < 1.29 is 14.3 Å². The van der Waals surface area contributed by atoms with Crippen LogP contribution in [0.2, 0.25) is 0 Å². The zero-order valence-corrected chi connectivity index (χ0v) is 14.4. The Hall–Kier alpha value is -1.69. The van der Waals surface area contributed by atoms with Gasteiger partial charge in [-0.3, -0.25) is 0 Å². The summed E-state index contributed by atoms with van der Waals surface area (Å²) in [6.45, 7) is 3.11. The summed E-state index contributed by atoms with van der Waals surface area (Å²) in [4.78, 5) is 11.9. The second-order valence-corrected chi connectivity index (χ2v) is 6.88. The number of aliphatic hydroxyl groups excluding tert-OH is 1. The Morgan fingerprint density at radius 1 is 1.29 bits per heavy atom. The van der Waals surface area contributed by atoms with Gasteiger partial charge >= 0.3 is 5.63 Å². The fourth-order valence-corrected chi connectivity index (χ4v) is 3.53. The lowest BCUT2D eigenvalue weighted by atomic mass is 9.98. The van der Waals surface area contributed by atoms with E-state index in [1.54, 1.807) is 13.2 Å². The molecular formula is C19H25NO4. The van der Waals surface area contributed by atoms with Crippen molar-refractivity contribution in [1.82, 2.24) is 5.32 Å². The van der Waals surface area contributed by atoms with E-state index in [1.165, 1.54) is 11.1 Å². The Balaban J connectivity index is 1.92. The summed E-state index contributed by atoms with van der Waals surface area (Å²) >= 11 is 0. The summed E-state index contributed by atoms with van der Waals surface area (Å²) in [6.07, 6.45) is 3.88. The zero-order valence-electron chi connectivity index (χ0n) is 14.4.